The van der Waals surface area contributed by atoms with Crippen LogP contribution in [0.2, 0.25) is 0 Å². The van der Waals surface area contributed by atoms with E-state index in [0.717, 1.165) is 23.3 Å². The van der Waals surface area contributed by atoms with Crippen molar-refractivity contribution in [3.05, 3.63) is 10.5 Å². The molecule has 2 aromatic heterocycles. The number of likely N-dealkylation sites (N-methyl/N-ethyl adjacent to an activating group) is 1. The zero-order chi connectivity index (χ0) is 15.0. The molecule has 0 bridgehead atoms. The SMILES string of the molecule is CCc1nn(C)c2c1[nH]c(=S)n2C(C)C(=O)N(C)CC. The third-order valence-corrected chi connectivity index (χ3v) is 4.00. The minimum absolute atomic E-state index is 0.0451. The molecule has 6 nitrogen and oxygen atoms in total. The molecule has 110 valence electrons. The summed E-state index contributed by atoms with van der Waals surface area (Å²) in [4.78, 5) is 17.3. The second-order valence-electron chi connectivity index (χ2n) is 4.95. The number of imidazole rings is 1. The van der Waals surface area contributed by atoms with E-state index in [1.54, 1.807) is 16.6 Å². The van der Waals surface area contributed by atoms with Crippen LogP contribution >= 0.6 is 12.2 Å². The van der Waals surface area contributed by atoms with Crippen molar-refractivity contribution in [1.29, 1.82) is 0 Å². The third kappa shape index (κ3) is 2.15. The lowest BCUT2D eigenvalue weighted by molar-refractivity contribution is -0.132. The first-order valence-corrected chi connectivity index (χ1v) is 7.24. The molecule has 2 aromatic rings. The van der Waals surface area contributed by atoms with Crippen LogP contribution < -0.4 is 0 Å². The number of aromatic amines is 1. The Balaban J connectivity index is 2.60. The van der Waals surface area contributed by atoms with Crippen LogP contribution in [0.3, 0.4) is 0 Å². The van der Waals surface area contributed by atoms with Crippen LogP contribution in [0.5, 0.6) is 0 Å². The van der Waals surface area contributed by atoms with E-state index in [4.69, 9.17) is 12.2 Å². The summed E-state index contributed by atoms with van der Waals surface area (Å²) in [6.07, 6.45) is 0.823. The highest BCUT2D eigenvalue weighted by molar-refractivity contribution is 7.71. The van der Waals surface area contributed by atoms with Gasteiger partial charge in [0.15, 0.2) is 10.4 Å². The van der Waals surface area contributed by atoms with Gasteiger partial charge in [-0.15, -0.1) is 0 Å². The molecule has 1 atom stereocenters. The van der Waals surface area contributed by atoms with Gasteiger partial charge in [-0.2, -0.15) is 5.10 Å². The van der Waals surface area contributed by atoms with E-state index >= 15 is 0 Å². The first-order chi connectivity index (χ1) is 9.42. The zero-order valence-electron chi connectivity index (χ0n) is 12.6. The molecule has 20 heavy (non-hydrogen) atoms. The fourth-order valence-electron chi connectivity index (χ4n) is 2.43. The van der Waals surface area contributed by atoms with Crippen molar-refractivity contribution in [2.45, 2.75) is 33.2 Å². The van der Waals surface area contributed by atoms with Crippen molar-refractivity contribution in [2.24, 2.45) is 7.05 Å². The van der Waals surface area contributed by atoms with Gasteiger partial charge in [0.05, 0.1) is 5.69 Å². The first kappa shape index (κ1) is 14.8. The number of hydrogen-bond donors (Lipinski definition) is 1. The van der Waals surface area contributed by atoms with Crippen LogP contribution in [0.15, 0.2) is 0 Å². The molecular formula is C13H21N5OS. The molecule has 0 aromatic carbocycles. The van der Waals surface area contributed by atoms with E-state index in [0.29, 0.717) is 11.3 Å². The predicted octanol–water partition coefficient (Wildman–Crippen LogP) is 2.03. The molecule has 0 radical (unpaired) electrons. The number of nitrogens with one attached hydrogen (secondary N) is 1. The van der Waals surface area contributed by atoms with Gasteiger partial charge in [-0.25, -0.2) is 0 Å². The summed E-state index contributed by atoms with van der Waals surface area (Å²) in [6, 6.07) is -0.346. The summed E-state index contributed by atoms with van der Waals surface area (Å²) in [5, 5.41) is 4.47. The number of aryl methyl sites for hydroxylation is 2. The quantitative estimate of drug-likeness (QED) is 0.878. The number of amides is 1. The van der Waals surface area contributed by atoms with Crippen molar-refractivity contribution in [3.8, 4) is 0 Å². The monoisotopic (exact) mass is 295 g/mol. The zero-order valence-corrected chi connectivity index (χ0v) is 13.4. The van der Waals surface area contributed by atoms with Crippen LogP contribution in [0.4, 0.5) is 0 Å². The summed E-state index contributed by atoms with van der Waals surface area (Å²) < 4.78 is 4.20. The summed E-state index contributed by atoms with van der Waals surface area (Å²) in [6.45, 7) is 6.55. The number of carbonyl (C=O) groups is 1. The Morgan fingerprint density at radius 1 is 1.50 bits per heavy atom. The maximum atomic E-state index is 12.4. The van der Waals surface area contributed by atoms with E-state index < -0.39 is 0 Å². The Kier molecular flexibility index (Phi) is 3.99. The molecule has 0 aliphatic rings. The summed E-state index contributed by atoms with van der Waals surface area (Å²) in [5.74, 6) is 0.0451. The molecule has 0 spiro atoms. The third-order valence-electron chi connectivity index (χ3n) is 3.70. The maximum absolute atomic E-state index is 12.4. The number of nitrogens with zero attached hydrogens (tertiary/aromatic N) is 4. The largest absolute Gasteiger partial charge is 0.344 e. The van der Waals surface area contributed by atoms with Crippen LogP contribution in [-0.4, -0.2) is 43.7 Å². The van der Waals surface area contributed by atoms with Crippen LogP contribution in [0.1, 0.15) is 32.5 Å². The van der Waals surface area contributed by atoms with E-state index in [9.17, 15) is 4.79 Å². The average molecular weight is 295 g/mol. The predicted molar refractivity (Wildman–Crippen MR) is 81.3 cm³/mol. The Labute approximate surface area is 123 Å². The molecule has 0 saturated heterocycles. The number of H-pyrrole nitrogens is 1. The summed E-state index contributed by atoms with van der Waals surface area (Å²) in [5.41, 5.74) is 2.77. The van der Waals surface area contributed by atoms with E-state index in [1.165, 1.54) is 0 Å². The van der Waals surface area contributed by atoms with Gasteiger partial charge < -0.3 is 9.88 Å². The Morgan fingerprint density at radius 2 is 2.15 bits per heavy atom. The molecule has 2 heterocycles. The Morgan fingerprint density at radius 3 is 2.70 bits per heavy atom. The molecule has 1 N–H and O–H groups in total. The highest BCUT2D eigenvalue weighted by Gasteiger charge is 2.24. The van der Waals surface area contributed by atoms with E-state index in [2.05, 4.69) is 17.0 Å². The Bertz CT molecular complexity index is 695. The lowest BCUT2D eigenvalue weighted by Crippen LogP contribution is -2.33. The van der Waals surface area contributed by atoms with Gasteiger partial charge in [0.25, 0.3) is 0 Å². The van der Waals surface area contributed by atoms with Crippen molar-refractivity contribution in [3.63, 3.8) is 0 Å². The molecular weight excluding hydrogens is 274 g/mol. The van der Waals surface area contributed by atoms with Crippen molar-refractivity contribution in [2.75, 3.05) is 13.6 Å². The number of fused-ring (bicyclic) bond motifs is 1. The van der Waals surface area contributed by atoms with Gasteiger partial charge in [-0.05, 0) is 32.5 Å². The van der Waals surface area contributed by atoms with Gasteiger partial charge >= 0.3 is 0 Å². The van der Waals surface area contributed by atoms with Crippen molar-refractivity contribution >= 4 is 29.3 Å². The summed E-state index contributed by atoms with van der Waals surface area (Å²) in [7, 11) is 3.67. The molecule has 1 amide bonds. The molecule has 0 aliphatic heterocycles. The Hall–Kier alpha value is -1.63. The molecule has 0 aliphatic carbocycles. The minimum atomic E-state index is -0.346. The maximum Gasteiger partial charge on any atom is 0.245 e. The van der Waals surface area contributed by atoms with Gasteiger partial charge in [-0.3, -0.25) is 14.0 Å². The number of carbonyl (C=O) groups excluding carboxylic acids is 1. The molecule has 1 unspecified atom stereocenters. The van der Waals surface area contributed by atoms with Crippen LogP contribution in [0, 0.1) is 4.77 Å². The molecule has 0 saturated carbocycles. The molecule has 2 rings (SSSR count). The van der Waals surface area contributed by atoms with Crippen LogP contribution in [-0.2, 0) is 18.3 Å². The topological polar surface area (TPSA) is 58.9 Å². The number of aromatic nitrogens is 4. The van der Waals surface area contributed by atoms with Gasteiger partial charge in [0.1, 0.15) is 11.6 Å². The first-order valence-electron chi connectivity index (χ1n) is 6.83. The molecule has 0 fully saturated rings. The second kappa shape index (κ2) is 5.40. The number of rotatable bonds is 4. The highest BCUT2D eigenvalue weighted by atomic mass is 32.1. The fraction of sp³-hybridized carbons (Fsp3) is 0.615. The van der Waals surface area contributed by atoms with Crippen molar-refractivity contribution < 1.29 is 4.79 Å². The number of hydrogen-bond acceptors (Lipinski definition) is 3. The minimum Gasteiger partial charge on any atom is -0.344 e. The van der Waals surface area contributed by atoms with Gasteiger partial charge in [0, 0.05) is 20.6 Å². The van der Waals surface area contributed by atoms with Gasteiger partial charge in [-0.1, -0.05) is 6.92 Å². The average Bonchev–Trinajstić information content (AvgIpc) is 2.93. The van der Waals surface area contributed by atoms with E-state index in [-0.39, 0.29) is 11.9 Å². The normalized spacial score (nSPS) is 12.8. The second-order valence-corrected chi connectivity index (χ2v) is 5.34. The smallest absolute Gasteiger partial charge is 0.245 e. The molecule has 7 heteroatoms. The van der Waals surface area contributed by atoms with Crippen LogP contribution in [0.25, 0.3) is 11.2 Å². The lowest BCUT2D eigenvalue weighted by atomic mass is 10.3. The van der Waals surface area contributed by atoms with Crippen molar-refractivity contribution in [1.82, 2.24) is 24.2 Å². The van der Waals surface area contributed by atoms with E-state index in [1.807, 2.05) is 25.5 Å². The lowest BCUT2D eigenvalue weighted by Gasteiger charge is -2.21. The summed E-state index contributed by atoms with van der Waals surface area (Å²) >= 11 is 5.39. The van der Waals surface area contributed by atoms with Gasteiger partial charge in [0.2, 0.25) is 5.91 Å². The standard InChI is InChI=1S/C13H21N5OS/c1-6-9-10-11(17(5)15-9)18(13(20)14-10)8(3)12(19)16(4)7-2/h8H,6-7H2,1-5H3,(H,14,20). The fourth-order valence-corrected chi connectivity index (χ4v) is 2.78. The highest BCUT2D eigenvalue weighted by Crippen LogP contribution is 2.22.